The standard InChI is InChI=1S/C21H23N5O2S/c1-15(23-21-24-18-4-2-3-5-19(18)29-21)20(27)25-22-14-16-6-8-17(9-7-16)26-10-12-28-13-11-26/h2-9,14-15H,10-13H2,1H3,(H,23,24)(H,25,27)/b22-14-/t15-/m1/s1. The maximum atomic E-state index is 12.3. The van der Waals surface area contributed by atoms with Crippen molar-refractivity contribution in [2.75, 3.05) is 36.5 Å². The molecule has 0 bridgehead atoms. The molecule has 7 nitrogen and oxygen atoms in total. The minimum Gasteiger partial charge on any atom is -0.378 e. The lowest BCUT2D eigenvalue weighted by atomic mass is 10.2. The molecule has 29 heavy (non-hydrogen) atoms. The first kappa shape index (κ1) is 19.4. The van der Waals surface area contributed by atoms with E-state index in [9.17, 15) is 4.79 Å². The summed E-state index contributed by atoms with van der Waals surface area (Å²) in [5, 5.41) is 7.92. The van der Waals surface area contributed by atoms with E-state index in [1.165, 1.54) is 17.0 Å². The van der Waals surface area contributed by atoms with Gasteiger partial charge in [-0.1, -0.05) is 35.6 Å². The zero-order valence-corrected chi connectivity index (χ0v) is 17.0. The number of fused-ring (bicyclic) bond motifs is 1. The van der Waals surface area contributed by atoms with Gasteiger partial charge in [-0.25, -0.2) is 10.4 Å². The third-order valence-electron chi connectivity index (χ3n) is 4.68. The third-order valence-corrected chi connectivity index (χ3v) is 5.65. The molecule has 0 unspecified atom stereocenters. The first-order valence-corrected chi connectivity index (χ1v) is 10.4. The molecular formula is C21H23N5O2S. The van der Waals surface area contributed by atoms with Crippen molar-refractivity contribution in [1.29, 1.82) is 0 Å². The number of rotatable bonds is 6. The van der Waals surface area contributed by atoms with Gasteiger partial charge in [0, 0.05) is 18.8 Å². The smallest absolute Gasteiger partial charge is 0.262 e. The first-order chi connectivity index (χ1) is 14.2. The van der Waals surface area contributed by atoms with Crippen LogP contribution in [0.15, 0.2) is 53.6 Å². The number of hydrogen-bond acceptors (Lipinski definition) is 7. The highest BCUT2D eigenvalue weighted by molar-refractivity contribution is 7.22. The molecule has 1 atom stereocenters. The van der Waals surface area contributed by atoms with Crippen LogP contribution >= 0.6 is 11.3 Å². The maximum Gasteiger partial charge on any atom is 0.262 e. The van der Waals surface area contributed by atoms with Crippen LogP contribution in [0.5, 0.6) is 0 Å². The van der Waals surface area contributed by atoms with Crippen molar-refractivity contribution in [3.05, 3.63) is 54.1 Å². The topological polar surface area (TPSA) is 78.8 Å². The average molecular weight is 410 g/mol. The lowest BCUT2D eigenvalue weighted by Crippen LogP contribution is -2.36. The Morgan fingerprint density at radius 1 is 1.21 bits per heavy atom. The summed E-state index contributed by atoms with van der Waals surface area (Å²) in [7, 11) is 0. The Morgan fingerprint density at radius 2 is 1.97 bits per heavy atom. The van der Waals surface area contributed by atoms with Gasteiger partial charge in [-0.2, -0.15) is 5.10 Å². The largest absolute Gasteiger partial charge is 0.378 e. The zero-order valence-electron chi connectivity index (χ0n) is 16.2. The number of morpholine rings is 1. The molecule has 2 heterocycles. The van der Waals surface area contributed by atoms with E-state index < -0.39 is 6.04 Å². The number of carbonyl (C=O) groups is 1. The Morgan fingerprint density at radius 3 is 2.72 bits per heavy atom. The number of nitrogens with zero attached hydrogens (tertiary/aromatic N) is 3. The second-order valence-electron chi connectivity index (χ2n) is 6.78. The normalized spacial score (nSPS) is 15.6. The number of benzene rings is 2. The molecule has 1 aromatic heterocycles. The monoisotopic (exact) mass is 409 g/mol. The summed E-state index contributed by atoms with van der Waals surface area (Å²) in [4.78, 5) is 19.1. The molecule has 0 radical (unpaired) electrons. The van der Waals surface area contributed by atoms with Gasteiger partial charge in [0.1, 0.15) is 6.04 Å². The zero-order chi connectivity index (χ0) is 20.1. The fraction of sp³-hybridized carbons (Fsp3) is 0.286. The van der Waals surface area contributed by atoms with Crippen molar-refractivity contribution in [3.63, 3.8) is 0 Å². The molecule has 3 aromatic rings. The minimum absolute atomic E-state index is 0.217. The van der Waals surface area contributed by atoms with Crippen LogP contribution in [-0.4, -0.2) is 49.5 Å². The Balaban J connectivity index is 1.29. The number of nitrogens with one attached hydrogen (secondary N) is 2. The highest BCUT2D eigenvalue weighted by Crippen LogP contribution is 2.25. The SMILES string of the molecule is C[C@@H](Nc1nc2ccccc2s1)C(=O)N/N=C\c1ccc(N2CCOCC2)cc1. The molecule has 1 aliphatic heterocycles. The van der Waals surface area contributed by atoms with Crippen LogP contribution in [0.2, 0.25) is 0 Å². The van der Waals surface area contributed by atoms with Crippen LogP contribution in [0, 0.1) is 0 Å². The number of hydrogen-bond donors (Lipinski definition) is 2. The van der Waals surface area contributed by atoms with E-state index in [2.05, 4.69) is 37.9 Å². The van der Waals surface area contributed by atoms with Crippen LogP contribution in [0.3, 0.4) is 0 Å². The van der Waals surface area contributed by atoms with Crippen molar-refractivity contribution >= 4 is 44.5 Å². The van der Waals surface area contributed by atoms with Crippen LogP contribution in [0.25, 0.3) is 10.2 Å². The molecule has 8 heteroatoms. The molecule has 1 fully saturated rings. The molecule has 2 N–H and O–H groups in total. The number of anilines is 2. The molecular weight excluding hydrogens is 386 g/mol. The predicted octanol–water partition coefficient (Wildman–Crippen LogP) is 3.08. The maximum absolute atomic E-state index is 12.3. The Bertz CT molecular complexity index is 963. The van der Waals surface area contributed by atoms with Gasteiger partial charge in [0.05, 0.1) is 29.6 Å². The summed E-state index contributed by atoms with van der Waals surface area (Å²) in [5.41, 5.74) is 5.60. The van der Waals surface area contributed by atoms with Crippen molar-refractivity contribution in [1.82, 2.24) is 10.4 Å². The molecule has 0 aliphatic carbocycles. The van der Waals surface area contributed by atoms with Crippen LogP contribution in [-0.2, 0) is 9.53 Å². The van der Waals surface area contributed by atoms with Gasteiger partial charge in [-0.3, -0.25) is 4.79 Å². The average Bonchev–Trinajstić information content (AvgIpc) is 3.17. The van der Waals surface area contributed by atoms with E-state index in [0.29, 0.717) is 0 Å². The summed E-state index contributed by atoms with van der Waals surface area (Å²) in [5.74, 6) is -0.217. The third kappa shape index (κ3) is 4.90. The van der Waals surface area contributed by atoms with Gasteiger partial charge in [-0.15, -0.1) is 0 Å². The second kappa shape index (κ2) is 9.02. The summed E-state index contributed by atoms with van der Waals surface area (Å²) in [6, 6.07) is 15.5. The summed E-state index contributed by atoms with van der Waals surface area (Å²) in [6.07, 6.45) is 1.64. The quantitative estimate of drug-likeness (QED) is 0.483. The van der Waals surface area contributed by atoms with E-state index in [-0.39, 0.29) is 5.91 Å². The Kier molecular flexibility index (Phi) is 6.02. The van der Waals surface area contributed by atoms with Gasteiger partial charge >= 0.3 is 0 Å². The Labute approximate surface area is 173 Å². The molecule has 4 rings (SSSR count). The van der Waals surface area contributed by atoms with Gasteiger partial charge < -0.3 is 15.0 Å². The summed E-state index contributed by atoms with van der Waals surface area (Å²) >= 11 is 1.52. The van der Waals surface area contributed by atoms with Crippen molar-refractivity contribution in [2.24, 2.45) is 5.10 Å². The van der Waals surface area contributed by atoms with E-state index in [1.807, 2.05) is 36.4 Å². The van der Waals surface area contributed by atoms with Crippen molar-refractivity contribution in [3.8, 4) is 0 Å². The second-order valence-corrected chi connectivity index (χ2v) is 7.81. The lowest BCUT2D eigenvalue weighted by Gasteiger charge is -2.28. The fourth-order valence-corrected chi connectivity index (χ4v) is 4.00. The Hall–Kier alpha value is -2.97. The van der Waals surface area contributed by atoms with Crippen LogP contribution in [0.1, 0.15) is 12.5 Å². The van der Waals surface area contributed by atoms with E-state index in [4.69, 9.17) is 4.74 Å². The predicted molar refractivity (Wildman–Crippen MR) is 118 cm³/mol. The number of aromatic nitrogens is 1. The summed E-state index contributed by atoms with van der Waals surface area (Å²) < 4.78 is 6.47. The first-order valence-electron chi connectivity index (χ1n) is 9.57. The molecule has 0 spiro atoms. The number of carbonyl (C=O) groups excluding carboxylic acids is 1. The summed E-state index contributed by atoms with van der Waals surface area (Å²) in [6.45, 7) is 5.12. The molecule has 1 aliphatic rings. The number of amides is 1. The number of thiazole rings is 1. The van der Waals surface area contributed by atoms with E-state index in [0.717, 1.165) is 47.2 Å². The van der Waals surface area contributed by atoms with Gasteiger partial charge in [0.25, 0.3) is 5.91 Å². The molecule has 1 saturated heterocycles. The van der Waals surface area contributed by atoms with E-state index >= 15 is 0 Å². The highest BCUT2D eigenvalue weighted by Gasteiger charge is 2.14. The van der Waals surface area contributed by atoms with E-state index in [1.54, 1.807) is 13.1 Å². The number of para-hydroxylation sites is 1. The van der Waals surface area contributed by atoms with Gasteiger partial charge in [0.15, 0.2) is 5.13 Å². The fourth-order valence-electron chi connectivity index (χ4n) is 3.04. The number of hydrazone groups is 1. The molecule has 2 aromatic carbocycles. The lowest BCUT2D eigenvalue weighted by molar-refractivity contribution is -0.121. The van der Waals surface area contributed by atoms with Crippen molar-refractivity contribution in [2.45, 2.75) is 13.0 Å². The van der Waals surface area contributed by atoms with Crippen LogP contribution < -0.4 is 15.6 Å². The van der Waals surface area contributed by atoms with Crippen LogP contribution in [0.4, 0.5) is 10.8 Å². The molecule has 1 amide bonds. The highest BCUT2D eigenvalue weighted by atomic mass is 32.1. The minimum atomic E-state index is -0.448. The van der Waals surface area contributed by atoms with Gasteiger partial charge in [0.2, 0.25) is 0 Å². The molecule has 150 valence electrons. The van der Waals surface area contributed by atoms with Crippen molar-refractivity contribution < 1.29 is 9.53 Å². The number of ether oxygens (including phenoxy) is 1. The molecule has 0 saturated carbocycles. The van der Waals surface area contributed by atoms with Gasteiger partial charge in [-0.05, 0) is 36.8 Å².